The maximum Gasteiger partial charge on any atom is 0.178 e. The molecule has 0 N–H and O–H groups in total. The van der Waals surface area contributed by atoms with E-state index in [1.54, 1.807) is 12.3 Å². The SMILES string of the molecule is Cc1csc(-c2noc(CF)c2-c2cc(F)c(S(C)(=O)=O)cc2F)n1. The number of thiazole rings is 1. The Morgan fingerprint density at radius 1 is 1.24 bits per heavy atom. The molecule has 132 valence electrons. The van der Waals surface area contributed by atoms with Crippen LogP contribution in [0, 0.1) is 18.6 Å². The van der Waals surface area contributed by atoms with E-state index in [-0.39, 0.29) is 22.6 Å². The molecule has 0 spiro atoms. The minimum atomic E-state index is -3.95. The lowest BCUT2D eigenvalue weighted by Crippen LogP contribution is -2.03. The molecule has 10 heteroatoms. The van der Waals surface area contributed by atoms with Crippen LogP contribution in [0.15, 0.2) is 26.9 Å². The normalized spacial score (nSPS) is 11.9. The van der Waals surface area contributed by atoms with E-state index >= 15 is 0 Å². The van der Waals surface area contributed by atoms with Gasteiger partial charge in [-0.05, 0) is 19.1 Å². The number of hydrogen-bond acceptors (Lipinski definition) is 6. The van der Waals surface area contributed by atoms with E-state index in [1.807, 2.05) is 0 Å². The summed E-state index contributed by atoms with van der Waals surface area (Å²) in [5.74, 6) is -2.48. The number of sulfone groups is 1. The van der Waals surface area contributed by atoms with Gasteiger partial charge in [0.2, 0.25) is 0 Å². The van der Waals surface area contributed by atoms with Gasteiger partial charge in [-0.1, -0.05) is 5.16 Å². The summed E-state index contributed by atoms with van der Waals surface area (Å²) in [4.78, 5) is 3.41. The number of aromatic nitrogens is 2. The number of hydrogen-bond donors (Lipinski definition) is 0. The number of benzene rings is 1. The fourth-order valence-corrected chi connectivity index (χ4v) is 3.82. The van der Waals surface area contributed by atoms with Crippen LogP contribution in [0.4, 0.5) is 13.2 Å². The topological polar surface area (TPSA) is 73.1 Å². The summed E-state index contributed by atoms with van der Waals surface area (Å²) in [7, 11) is -3.95. The van der Waals surface area contributed by atoms with Gasteiger partial charge in [0.15, 0.2) is 28.0 Å². The maximum absolute atomic E-state index is 14.5. The van der Waals surface area contributed by atoms with E-state index in [2.05, 4.69) is 10.1 Å². The Bertz CT molecular complexity index is 1060. The van der Waals surface area contributed by atoms with Crippen molar-refractivity contribution in [2.75, 3.05) is 6.26 Å². The third-order valence-electron chi connectivity index (χ3n) is 3.40. The molecule has 25 heavy (non-hydrogen) atoms. The minimum absolute atomic E-state index is 0.0659. The van der Waals surface area contributed by atoms with Crippen LogP contribution < -0.4 is 0 Å². The molecule has 5 nitrogen and oxygen atoms in total. The third kappa shape index (κ3) is 3.19. The molecule has 0 atom stereocenters. The Hall–Kier alpha value is -2.20. The van der Waals surface area contributed by atoms with Crippen LogP contribution in [0.25, 0.3) is 21.8 Å². The van der Waals surface area contributed by atoms with Crippen molar-refractivity contribution < 1.29 is 26.1 Å². The van der Waals surface area contributed by atoms with Crippen LogP contribution in [0.1, 0.15) is 11.5 Å². The fraction of sp³-hybridized carbons (Fsp3) is 0.200. The zero-order chi connectivity index (χ0) is 18.4. The van der Waals surface area contributed by atoms with Gasteiger partial charge in [0.25, 0.3) is 0 Å². The first-order chi connectivity index (χ1) is 11.7. The molecule has 1 aromatic carbocycles. The molecule has 3 aromatic rings. The summed E-state index contributed by atoms with van der Waals surface area (Å²) in [6, 6.07) is 1.26. The fourth-order valence-electron chi connectivity index (χ4n) is 2.31. The number of halogens is 3. The van der Waals surface area contributed by atoms with Crippen molar-refractivity contribution in [3.8, 4) is 21.8 Å². The van der Waals surface area contributed by atoms with Gasteiger partial charge < -0.3 is 4.52 Å². The number of aryl methyl sites for hydroxylation is 1. The molecule has 0 unspecified atom stereocenters. The van der Waals surface area contributed by atoms with Crippen LogP contribution in [-0.4, -0.2) is 24.8 Å². The van der Waals surface area contributed by atoms with Gasteiger partial charge >= 0.3 is 0 Å². The average Bonchev–Trinajstić information content (AvgIpc) is 3.13. The van der Waals surface area contributed by atoms with E-state index in [0.29, 0.717) is 22.8 Å². The van der Waals surface area contributed by atoms with E-state index in [9.17, 15) is 21.6 Å². The maximum atomic E-state index is 14.5. The standard InChI is InChI=1S/C15H11F3N2O3S2/c1-7-6-24-15(19-7)14-13(11(5-16)23-20-14)8-3-10(18)12(4-9(8)17)25(2,21)22/h3-4,6H,5H2,1-2H3. The monoisotopic (exact) mass is 388 g/mol. The molecule has 0 aliphatic rings. The van der Waals surface area contributed by atoms with Crippen LogP contribution in [0.3, 0.4) is 0 Å². The van der Waals surface area contributed by atoms with Crippen LogP contribution in [0.5, 0.6) is 0 Å². The minimum Gasteiger partial charge on any atom is -0.357 e. The van der Waals surface area contributed by atoms with E-state index in [0.717, 1.165) is 6.26 Å². The second-order valence-corrected chi connectivity index (χ2v) is 8.13. The van der Waals surface area contributed by atoms with Gasteiger partial charge in [0.1, 0.15) is 21.5 Å². The molecule has 0 fully saturated rings. The Morgan fingerprint density at radius 2 is 1.96 bits per heavy atom. The predicted octanol–water partition coefficient (Wildman–Crippen LogP) is 3.92. The molecule has 0 aliphatic carbocycles. The van der Waals surface area contributed by atoms with Crippen molar-refractivity contribution in [3.05, 3.63) is 40.6 Å². The van der Waals surface area contributed by atoms with E-state index in [1.165, 1.54) is 11.3 Å². The van der Waals surface area contributed by atoms with Crippen molar-refractivity contribution in [1.29, 1.82) is 0 Å². The molecular formula is C15H11F3N2O3S2. The van der Waals surface area contributed by atoms with Crippen LogP contribution in [0.2, 0.25) is 0 Å². The third-order valence-corrected chi connectivity index (χ3v) is 5.47. The van der Waals surface area contributed by atoms with Gasteiger partial charge in [0.05, 0.1) is 5.56 Å². The van der Waals surface area contributed by atoms with Gasteiger partial charge in [-0.2, -0.15) is 0 Å². The summed E-state index contributed by atoms with van der Waals surface area (Å²) < 4.78 is 69.8. The second-order valence-electron chi connectivity index (χ2n) is 5.29. The average molecular weight is 388 g/mol. The number of alkyl halides is 1. The molecule has 2 heterocycles. The van der Waals surface area contributed by atoms with Crippen LogP contribution >= 0.6 is 11.3 Å². The quantitative estimate of drug-likeness (QED) is 0.677. The van der Waals surface area contributed by atoms with E-state index < -0.39 is 33.0 Å². The highest BCUT2D eigenvalue weighted by Crippen LogP contribution is 2.38. The van der Waals surface area contributed by atoms with Crippen molar-refractivity contribution in [3.63, 3.8) is 0 Å². The molecule has 0 amide bonds. The highest BCUT2D eigenvalue weighted by Gasteiger charge is 2.26. The van der Waals surface area contributed by atoms with Crippen molar-refractivity contribution in [2.24, 2.45) is 0 Å². The Morgan fingerprint density at radius 3 is 2.52 bits per heavy atom. The van der Waals surface area contributed by atoms with Crippen molar-refractivity contribution >= 4 is 21.2 Å². The molecule has 0 saturated heterocycles. The zero-order valence-electron chi connectivity index (χ0n) is 13.0. The van der Waals surface area contributed by atoms with Gasteiger partial charge in [-0.25, -0.2) is 26.6 Å². The lowest BCUT2D eigenvalue weighted by atomic mass is 10.0. The lowest BCUT2D eigenvalue weighted by Gasteiger charge is -2.07. The summed E-state index contributed by atoms with van der Waals surface area (Å²) in [5.41, 5.74) is 0.306. The Balaban J connectivity index is 2.27. The zero-order valence-corrected chi connectivity index (χ0v) is 14.6. The van der Waals surface area contributed by atoms with Crippen molar-refractivity contribution in [1.82, 2.24) is 10.1 Å². The van der Waals surface area contributed by atoms with Gasteiger partial charge in [0, 0.05) is 22.9 Å². The van der Waals surface area contributed by atoms with Crippen molar-refractivity contribution in [2.45, 2.75) is 18.5 Å². The highest BCUT2D eigenvalue weighted by molar-refractivity contribution is 7.90. The summed E-state index contributed by atoms with van der Waals surface area (Å²) in [6.45, 7) is 0.637. The Kier molecular flexibility index (Phi) is 4.41. The molecule has 0 bridgehead atoms. The Labute approximate surface area is 145 Å². The first-order valence-corrected chi connectivity index (χ1v) is 9.66. The highest BCUT2D eigenvalue weighted by atomic mass is 32.2. The number of nitrogens with zero attached hydrogens (tertiary/aromatic N) is 2. The summed E-state index contributed by atoms with van der Waals surface area (Å²) in [5, 5.41) is 5.78. The lowest BCUT2D eigenvalue weighted by molar-refractivity contribution is 0.332. The molecule has 3 rings (SSSR count). The smallest absolute Gasteiger partial charge is 0.178 e. The molecular weight excluding hydrogens is 377 g/mol. The predicted molar refractivity (Wildman–Crippen MR) is 85.6 cm³/mol. The van der Waals surface area contributed by atoms with E-state index in [4.69, 9.17) is 4.52 Å². The van der Waals surface area contributed by atoms with Gasteiger partial charge in [-0.15, -0.1) is 11.3 Å². The first-order valence-electron chi connectivity index (χ1n) is 6.89. The first kappa shape index (κ1) is 17.6. The molecule has 2 aromatic heterocycles. The second kappa shape index (κ2) is 6.26. The largest absolute Gasteiger partial charge is 0.357 e. The summed E-state index contributed by atoms with van der Waals surface area (Å²) in [6.07, 6.45) is 0.765. The number of rotatable bonds is 4. The molecule has 0 saturated carbocycles. The molecule has 0 radical (unpaired) electrons. The summed E-state index contributed by atoms with van der Waals surface area (Å²) >= 11 is 1.18. The van der Waals surface area contributed by atoms with Gasteiger partial charge in [-0.3, -0.25) is 0 Å². The van der Waals surface area contributed by atoms with Crippen LogP contribution in [-0.2, 0) is 16.5 Å². The molecule has 0 aliphatic heterocycles.